The first-order chi connectivity index (χ1) is 15.2. The number of amides is 1. The number of likely N-dealkylation sites (tertiary alicyclic amines) is 1. The van der Waals surface area contributed by atoms with Crippen LogP contribution in [0.4, 0.5) is 0 Å². The maximum absolute atomic E-state index is 13.5. The monoisotopic (exact) mass is 453 g/mol. The number of aliphatic imine (C=N–C) groups is 1. The van der Waals surface area contributed by atoms with Gasteiger partial charge in [-0.2, -0.15) is 0 Å². The second-order valence-corrected chi connectivity index (χ2v) is 11.4. The normalized spacial score (nSPS) is 23.7. The minimum Gasteiger partial charge on any atom is -0.299 e. The van der Waals surface area contributed by atoms with Gasteiger partial charge in [-0.3, -0.25) is 14.7 Å². The highest BCUT2D eigenvalue weighted by Crippen LogP contribution is 2.39. The van der Waals surface area contributed by atoms with Crippen molar-refractivity contribution in [1.82, 2.24) is 9.21 Å². The summed E-state index contributed by atoms with van der Waals surface area (Å²) in [5.74, 6) is -0.488. The molecule has 170 valence electrons. The van der Waals surface area contributed by atoms with Gasteiger partial charge in [-0.15, -0.1) is 0 Å². The Morgan fingerprint density at radius 3 is 2.06 bits per heavy atom. The molecular formula is C25H31N3O3S. The summed E-state index contributed by atoms with van der Waals surface area (Å²) in [4.78, 5) is 20.5. The summed E-state index contributed by atoms with van der Waals surface area (Å²) in [6.07, 6.45) is 1.61. The van der Waals surface area contributed by atoms with E-state index < -0.39 is 26.7 Å². The van der Waals surface area contributed by atoms with Gasteiger partial charge in [0.15, 0.2) is 5.25 Å². The molecule has 2 fully saturated rings. The highest BCUT2D eigenvalue weighted by Gasteiger charge is 2.54. The van der Waals surface area contributed by atoms with E-state index in [1.807, 2.05) is 24.3 Å². The average molecular weight is 454 g/mol. The fraction of sp³-hybridized carbons (Fsp3) is 0.440. The van der Waals surface area contributed by atoms with Gasteiger partial charge in [0, 0.05) is 19.6 Å². The van der Waals surface area contributed by atoms with Crippen molar-refractivity contribution in [3.8, 4) is 0 Å². The van der Waals surface area contributed by atoms with Crippen molar-refractivity contribution in [2.75, 3.05) is 13.1 Å². The molecule has 2 saturated heterocycles. The number of hydrogen-bond donors (Lipinski definition) is 0. The van der Waals surface area contributed by atoms with Crippen molar-refractivity contribution in [1.29, 1.82) is 0 Å². The number of nitrogens with zero attached hydrogens (tertiary/aromatic N) is 3. The quantitative estimate of drug-likeness (QED) is 0.706. The van der Waals surface area contributed by atoms with Gasteiger partial charge < -0.3 is 0 Å². The molecule has 0 saturated carbocycles. The average Bonchev–Trinajstić information content (AvgIpc) is 2.95. The molecule has 1 unspecified atom stereocenters. The molecule has 0 spiro atoms. The molecule has 4 rings (SSSR count). The van der Waals surface area contributed by atoms with Gasteiger partial charge in [-0.25, -0.2) is 12.7 Å². The van der Waals surface area contributed by atoms with E-state index >= 15 is 0 Å². The fourth-order valence-electron chi connectivity index (χ4n) is 4.59. The second-order valence-electron chi connectivity index (χ2n) is 9.58. The number of carbonyl (C=O) groups is 1. The number of hydrogen-bond acceptors (Lipinski definition) is 5. The molecule has 7 heteroatoms. The van der Waals surface area contributed by atoms with Crippen LogP contribution < -0.4 is 0 Å². The lowest BCUT2D eigenvalue weighted by atomic mass is 10.0. The Balaban J connectivity index is 1.58. The molecule has 0 aliphatic carbocycles. The lowest BCUT2D eigenvalue weighted by Gasteiger charge is -2.30. The van der Waals surface area contributed by atoms with Crippen molar-refractivity contribution < 1.29 is 13.2 Å². The largest absolute Gasteiger partial charge is 0.299 e. The van der Waals surface area contributed by atoms with Crippen molar-refractivity contribution in [2.45, 2.75) is 57.0 Å². The van der Waals surface area contributed by atoms with Crippen LogP contribution in [-0.4, -0.2) is 53.9 Å². The number of carbonyl (C=O) groups excluding carboxylic acids is 1. The summed E-state index contributed by atoms with van der Waals surface area (Å²) in [5.41, 5.74) is 1.18. The molecule has 32 heavy (non-hydrogen) atoms. The van der Waals surface area contributed by atoms with Crippen LogP contribution in [0.15, 0.2) is 65.7 Å². The molecule has 1 atom stereocenters. The summed E-state index contributed by atoms with van der Waals surface area (Å²) in [7, 11) is -3.90. The molecule has 0 bridgehead atoms. The zero-order chi connectivity index (χ0) is 22.9. The molecule has 2 heterocycles. The zero-order valence-corrected chi connectivity index (χ0v) is 19.8. The third-order valence-corrected chi connectivity index (χ3v) is 8.36. The Morgan fingerprint density at radius 1 is 0.938 bits per heavy atom. The molecule has 2 aliphatic rings. The molecule has 2 aromatic rings. The molecule has 1 amide bonds. The smallest absolute Gasteiger partial charge is 0.283 e. The highest BCUT2D eigenvalue weighted by molar-refractivity contribution is 7.91. The lowest BCUT2D eigenvalue weighted by molar-refractivity contribution is -0.122. The van der Waals surface area contributed by atoms with Crippen LogP contribution in [0.5, 0.6) is 0 Å². The third kappa shape index (κ3) is 4.50. The third-order valence-electron chi connectivity index (χ3n) is 6.04. The van der Waals surface area contributed by atoms with Crippen LogP contribution in [0.1, 0.15) is 50.0 Å². The SMILES string of the molecule is CC(C)(C)N1C(=O)C(=NC2CCN(Cc3ccccc3)CC2)C(c2ccccc2)S1(=O)=O. The molecular weight excluding hydrogens is 422 g/mol. The Hall–Kier alpha value is -2.51. The Labute approximate surface area is 191 Å². The van der Waals surface area contributed by atoms with Crippen LogP contribution in [-0.2, 0) is 21.4 Å². The van der Waals surface area contributed by atoms with Gasteiger partial charge in [0.05, 0.1) is 11.6 Å². The highest BCUT2D eigenvalue weighted by atomic mass is 32.2. The maximum Gasteiger partial charge on any atom is 0.283 e. The summed E-state index contributed by atoms with van der Waals surface area (Å²) in [5, 5.41) is -1.04. The predicted octanol–water partition coefficient (Wildman–Crippen LogP) is 3.80. The molecule has 0 radical (unpaired) electrons. The first-order valence-corrected chi connectivity index (χ1v) is 12.7. The first kappa shape index (κ1) is 22.7. The van der Waals surface area contributed by atoms with E-state index in [2.05, 4.69) is 17.0 Å². The van der Waals surface area contributed by atoms with Gasteiger partial charge in [-0.1, -0.05) is 60.7 Å². The number of sulfonamides is 1. The maximum atomic E-state index is 13.5. The number of rotatable bonds is 4. The predicted molar refractivity (Wildman–Crippen MR) is 127 cm³/mol. The molecule has 2 aliphatic heterocycles. The minimum atomic E-state index is -3.90. The lowest BCUT2D eigenvalue weighted by Crippen LogP contribution is -2.45. The van der Waals surface area contributed by atoms with Crippen molar-refractivity contribution >= 4 is 21.6 Å². The summed E-state index contributed by atoms with van der Waals surface area (Å²) < 4.78 is 28.0. The van der Waals surface area contributed by atoms with Crippen LogP contribution >= 0.6 is 0 Å². The standard InChI is InChI=1S/C25H31N3O3S/c1-25(2,3)28-24(29)22(23(32(28,30)31)20-12-8-5-9-13-20)26-21-14-16-27(17-15-21)18-19-10-6-4-7-11-19/h4-13,21,23H,14-18H2,1-3H3. The van der Waals surface area contributed by atoms with Crippen LogP contribution in [0.3, 0.4) is 0 Å². The van der Waals surface area contributed by atoms with E-state index in [4.69, 9.17) is 4.99 Å². The second kappa shape index (κ2) is 8.79. The summed E-state index contributed by atoms with van der Waals surface area (Å²) in [6.45, 7) is 7.87. The van der Waals surface area contributed by atoms with E-state index in [0.29, 0.717) is 5.56 Å². The van der Waals surface area contributed by atoms with E-state index in [9.17, 15) is 13.2 Å². The number of piperidine rings is 1. The van der Waals surface area contributed by atoms with E-state index in [1.54, 1.807) is 45.0 Å². The fourth-order valence-corrected chi connectivity index (χ4v) is 6.83. The van der Waals surface area contributed by atoms with Gasteiger partial charge in [-0.05, 0) is 44.7 Å². The van der Waals surface area contributed by atoms with Gasteiger partial charge >= 0.3 is 0 Å². The first-order valence-electron chi connectivity index (χ1n) is 11.2. The summed E-state index contributed by atoms with van der Waals surface area (Å²) >= 11 is 0. The zero-order valence-electron chi connectivity index (χ0n) is 18.9. The molecule has 6 nitrogen and oxygen atoms in total. The van der Waals surface area contributed by atoms with Crippen LogP contribution in [0.25, 0.3) is 0 Å². The van der Waals surface area contributed by atoms with E-state index in [1.165, 1.54) is 5.56 Å². The van der Waals surface area contributed by atoms with Crippen LogP contribution in [0.2, 0.25) is 0 Å². The van der Waals surface area contributed by atoms with Crippen molar-refractivity contribution in [3.63, 3.8) is 0 Å². The van der Waals surface area contributed by atoms with Gasteiger partial charge in [0.2, 0.25) is 0 Å². The Morgan fingerprint density at radius 2 is 1.50 bits per heavy atom. The summed E-state index contributed by atoms with van der Waals surface area (Å²) in [6, 6.07) is 19.3. The van der Waals surface area contributed by atoms with E-state index in [0.717, 1.165) is 36.8 Å². The molecule has 0 N–H and O–H groups in total. The van der Waals surface area contributed by atoms with Gasteiger partial charge in [0.1, 0.15) is 5.71 Å². The van der Waals surface area contributed by atoms with Gasteiger partial charge in [0.25, 0.3) is 15.9 Å². The van der Waals surface area contributed by atoms with Crippen molar-refractivity contribution in [3.05, 3.63) is 71.8 Å². The van der Waals surface area contributed by atoms with E-state index in [-0.39, 0.29) is 11.8 Å². The Bertz CT molecular complexity index is 1080. The molecule has 0 aromatic heterocycles. The number of benzene rings is 2. The Kier molecular flexibility index (Phi) is 6.23. The van der Waals surface area contributed by atoms with Crippen LogP contribution in [0, 0.1) is 0 Å². The van der Waals surface area contributed by atoms with Crippen molar-refractivity contribution in [2.24, 2.45) is 4.99 Å². The molecule has 2 aromatic carbocycles. The minimum absolute atomic E-state index is 0.0534. The topological polar surface area (TPSA) is 70.1 Å².